The summed E-state index contributed by atoms with van der Waals surface area (Å²) in [6.07, 6.45) is 78.9. The zero-order chi connectivity index (χ0) is 88.9. The quantitative estimate of drug-likeness (QED) is 0.0454. The highest BCUT2D eigenvalue weighted by Crippen LogP contribution is 2.36. The Morgan fingerprint density at radius 1 is 0.361 bits per heavy atom. The number of hydrogen-bond acceptors (Lipinski definition) is 8. The maximum Gasteiger partial charge on any atom is 0.155 e. The lowest BCUT2D eigenvalue weighted by Gasteiger charge is -2.21. The summed E-state index contributed by atoms with van der Waals surface area (Å²) in [6.45, 7) is 46.6. The van der Waals surface area contributed by atoms with Gasteiger partial charge in [-0.15, -0.1) is 0 Å². The van der Waals surface area contributed by atoms with Crippen molar-refractivity contribution < 1.29 is 39.0 Å². The summed E-state index contributed by atoms with van der Waals surface area (Å²) < 4.78 is 0. The van der Waals surface area contributed by atoms with E-state index in [2.05, 4.69) is 170 Å². The van der Waals surface area contributed by atoms with Crippen molar-refractivity contribution in [3.8, 4) is 0 Å². The first-order valence-electron chi connectivity index (χ1n) is 50.6. The van der Waals surface area contributed by atoms with Crippen LogP contribution in [-0.4, -0.2) is 57.1 Å². The van der Waals surface area contributed by atoms with E-state index in [9.17, 15) is 39.0 Å². The average Bonchev–Trinajstić information content (AvgIpc) is 1.90. The number of Topliss-reactive ketones (excluding diaryl/α,β-unsaturated/α-hetero) is 2. The van der Waals surface area contributed by atoms with Crippen LogP contribution in [0.3, 0.4) is 0 Å². The third kappa shape index (κ3) is 59.4. The number of unbranched alkanes of at least 4 members (excludes halogenated alkanes) is 6. The second-order valence-corrected chi connectivity index (χ2v) is 40.4. The third-order valence-electron chi connectivity index (χ3n) is 27.5. The first-order chi connectivity index (χ1) is 56.8. The van der Waals surface area contributed by atoms with Crippen molar-refractivity contribution >= 4 is 34.7 Å². The van der Waals surface area contributed by atoms with Crippen molar-refractivity contribution in [1.29, 1.82) is 0 Å². The lowest BCUT2D eigenvalue weighted by molar-refractivity contribution is -0.121. The Labute approximate surface area is 737 Å². The first kappa shape index (κ1) is 113. The lowest BCUT2D eigenvalue weighted by Crippen LogP contribution is -2.14. The van der Waals surface area contributed by atoms with Gasteiger partial charge in [-0.25, -0.2) is 0 Å². The van der Waals surface area contributed by atoms with Crippen LogP contribution < -0.4 is 0 Å². The lowest BCUT2D eigenvalue weighted by atomic mass is 9.83. The van der Waals surface area contributed by atoms with Crippen LogP contribution in [0.15, 0.2) is 93.2 Å². The topological polar surface area (TPSA) is 143 Å². The van der Waals surface area contributed by atoms with Gasteiger partial charge in [0.2, 0.25) is 0 Å². The number of rotatable bonds is 42. The standard InChI is InChI=1S/C16H32O.C16H30O.C16H28O.C16H26O.C13H22O.C12H20O.2C11H18O/c4*1-4-13(2)7-5-8-14(3)11-12-15-9-6-10-16(15)17;1-3-4-5-6-7-12-8-11(2)9-13(14)10-12;1-3-4-5-6-11-7-10(2)8-12(13)9-11;1-8(2)4-10-5-9(3)6-11(12)7-10;1-3-4-5-10-6-9(2)7-11(12)8-10/h13-17H,4-12H2,1-3H3;13-15H,4-12H2,1-3H3;7,11,15-17H,4-6,8-10,12H2,1-3H3;7,11,15H,4-6,8-10,12H2,1-3H3;9,12H,3-8,10H2,1-2H3;8,11H,3-7,9H2,1-2H3;6,8,10H,4-5,7H2,1-3H3;7,10H,3-6,8H2,1-2H3/b;;2*13-7+,14-11+;;;;. The summed E-state index contributed by atoms with van der Waals surface area (Å²) in [5.41, 5.74) is 11.0. The maximum atomic E-state index is 11.5. The Morgan fingerprint density at radius 2 is 0.731 bits per heavy atom. The highest BCUT2D eigenvalue weighted by molar-refractivity contribution is 5.92. The number of aliphatic hydroxyl groups is 2. The SMILES string of the molecule is CC/C(C)=C/CC/C(C)=C/CC1CCCC1=O.CC/C(C)=C/CC/C(C)=C/CC1CCCC1O.CC1=CC(=O)CC(CC(C)C)C1.CCC(C)CCCC(C)CCC1CCCC1=O.CCC(C)CCCC(C)CCC1CCCC1O.CCCCC1CC(=O)C=C(C)C1.CCCCCC1CC(=O)C=C(C)C1.CCCCCCC1CC(=O)C=C(C)C1. The van der Waals surface area contributed by atoms with E-state index in [0.717, 1.165) is 171 Å². The van der Waals surface area contributed by atoms with Gasteiger partial charge in [0.1, 0.15) is 11.6 Å². The Bertz CT molecular complexity index is 2990. The minimum Gasteiger partial charge on any atom is -0.393 e. The van der Waals surface area contributed by atoms with Crippen molar-refractivity contribution in [3.63, 3.8) is 0 Å². The summed E-state index contributed by atoms with van der Waals surface area (Å²) in [7, 11) is 0. The molecule has 8 nitrogen and oxygen atoms in total. The van der Waals surface area contributed by atoms with Crippen LogP contribution in [0.5, 0.6) is 0 Å². The van der Waals surface area contributed by atoms with Crippen LogP contribution in [0.25, 0.3) is 0 Å². The molecule has 8 aliphatic rings. The number of hydrogen-bond donors (Lipinski definition) is 2. The molecule has 0 aromatic heterocycles. The van der Waals surface area contributed by atoms with Gasteiger partial charge in [0.25, 0.3) is 0 Å². The number of aliphatic hydroxyl groups excluding tert-OH is 2. The fraction of sp³-hybridized carbons (Fsp3) is 0.802. The summed E-state index contributed by atoms with van der Waals surface area (Å²) in [6, 6.07) is 0. The molecule has 0 spiro atoms. The van der Waals surface area contributed by atoms with Crippen LogP contribution in [-0.2, 0) is 28.8 Å². The molecule has 0 radical (unpaired) electrons. The van der Waals surface area contributed by atoms with E-state index in [1.807, 2.05) is 18.2 Å². The van der Waals surface area contributed by atoms with Gasteiger partial charge in [-0.1, -0.05) is 294 Å². The van der Waals surface area contributed by atoms with Gasteiger partial charge in [-0.05, 0) is 312 Å². The highest BCUT2D eigenvalue weighted by atomic mass is 16.3. The van der Waals surface area contributed by atoms with Crippen molar-refractivity contribution in [2.45, 2.75) is 498 Å². The first-order valence-corrected chi connectivity index (χ1v) is 50.6. The van der Waals surface area contributed by atoms with Crippen LogP contribution in [0, 0.1) is 76.9 Å². The van der Waals surface area contributed by atoms with Gasteiger partial charge in [0.05, 0.1) is 12.2 Å². The molecule has 14 unspecified atom stereocenters. The van der Waals surface area contributed by atoms with Gasteiger partial charge in [-0.3, -0.25) is 28.8 Å². The van der Waals surface area contributed by atoms with Crippen molar-refractivity contribution in [3.05, 3.63) is 93.2 Å². The van der Waals surface area contributed by atoms with E-state index >= 15 is 0 Å². The predicted molar refractivity (Wildman–Crippen MR) is 516 cm³/mol. The minimum atomic E-state index is -0.0405. The van der Waals surface area contributed by atoms with E-state index in [1.165, 1.54) is 237 Å². The molecule has 14 atom stereocenters. The molecule has 119 heavy (non-hydrogen) atoms. The predicted octanol–water partition coefficient (Wildman–Crippen LogP) is 32.7. The van der Waals surface area contributed by atoms with Crippen molar-refractivity contribution in [1.82, 2.24) is 0 Å². The molecule has 0 aliphatic heterocycles. The van der Waals surface area contributed by atoms with E-state index in [4.69, 9.17) is 0 Å². The van der Waals surface area contributed by atoms with Crippen LogP contribution >= 0.6 is 0 Å². The van der Waals surface area contributed by atoms with Gasteiger partial charge >= 0.3 is 0 Å². The monoisotopic (exact) mass is 1660 g/mol. The second kappa shape index (κ2) is 70.1. The van der Waals surface area contributed by atoms with E-state index in [1.54, 1.807) is 6.08 Å². The molecule has 686 valence electrons. The maximum absolute atomic E-state index is 11.5. The Hall–Kier alpha value is -4.14. The molecule has 0 aromatic rings. The molecule has 4 fully saturated rings. The summed E-state index contributed by atoms with van der Waals surface area (Å²) in [5.74, 6) is 11.0. The molecule has 0 saturated heterocycles. The van der Waals surface area contributed by atoms with E-state index in [-0.39, 0.29) is 12.2 Å². The smallest absolute Gasteiger partial charge is 0.155 e. The molecule has 0 bridgehead atoms. The summed E-state index contributed by atoms with van der Waals surface area (Å²) in [4.78, 5) is 67.9. The summed E-state index contributed by atoms with van der Waals surface area (Å²) >= 11 is 0. The third-order valence-corrected chi connectivity index (χ3v) is 27.5. The second-order valence-electron chi connectivity index (χ2n) is 40.4. The number of allylic oxidation sites excluding steroid dienone is 16. The normalized spacial score (nSPS) is 24.5. The van der Waals surface area contributed by atoms with Crippen molar-refractivity contribution in [2.24, 2.45) is 76.9 Å². The number of carbonyl (C=O) groups excluding carboxylic acids is 6. The zero-order valence-corrected chi connectivity index (χ0v) is 82.1. The van der Waals surface area contributed by atoms with Gasteiger partial charge in [0, 0.05) is 50.4 Å². The fourth-order valence-corrected chi connectivity index (χ4v) is 18.9. The largest absolute Gasteiger partial charge is 0.393 e. The molecule has 2 N–H and O–H groups in total. The molecule has 8 heteroatoms. The van der Waals surface area contributed by atoms with Crippen LogP contribution in [0.4, 0.5) is 0 Å². The molecule has 0 heterocycles. The van der Waals surface area contributed by atoms with Gasteiger partial charge < -0.3 is 10.2 Å². The fourth-order valence-electron chi connectivity index (χ4n) is 18.9. The van der Waals surface area contributed by atoms with Crippen molar-refractivity contribution in [2.75, 3.05) is 0 Å². The van der Waals surface area contributed by atoms with Gasteiger partial charge in [-0.2, -0.15) is 0 Å². The molecule has 8 rings (SSSR count). The van der Waals surface area contributed by atoms with Crippen LogP contribution in [0.2, 0.25) is 0 Å². The molecule has 0 aromatic carbocycles. The highest BCUT2D eigenvalue weighted by Gasteiger charge is 2.29. The number of ketones is 6. The van der Waals surface area contributed by atoms with E-state index < -0.39 is 0 Å². The zero-order valence-electron chi connectivity index (χ0n) is 82.1. The Balaban J connectivity index is 0.000000682. The number of carbonyl (C=O) groups is 6. The summed E-state index contributed by atoms with van der Waals surface area (Å²) in [5, 5.41) is 19.5. The minimum absolute atomic E-state index is 0.0160. The van der Waals surface area contributed by atoms with E-state index in [0.29, 0.717) is 88.0 Å². The molecule has 8 aliphatic carbocycles. The molecule has 4 saturated carbocycles. The van der Waals surface area contributed by atoms with Gasteiger partial charge in [0.15, 0.2) is 23.1 Å². The van der Waals surface area contributed by atoms with Crippen LogP contribution in [0.1, 0.15) is 486 Å². The average molecular weight is 1660 g/mol. The Morgan fingerprint density at radius 3 is 1.11 bits per heavy atom. The Kier molecular flexibility index (Phi) is 66.5. The molecular formula is C111H194O8. The molecular weight excluding hydrogens is 1460 g/mol. The molecule has 0 amide bonds.